The van der Waals surface area contributed by atoms with Gasteiger partial charge in [0, 0.05) is 25.3 Å². The van der Waals surface area contributed by atoms with Gasteiger partial charge in [0.15, 0.2) is 17.0 Å². The molecule has 0 radical (unpaired) electrons. The largest absolute Gasteiger partial charge is 0.405 e. The Hall–Kier alpha value is -3.70. The van der Waals surface area contributed by atoms with Crippen molar-refractivity contribution in [2.45, 2.75) is 37.9 Å². The number of hydrogen-bond donors (Lipinski definition) is 2. The molecule has 5 rings (SSSR count). The Labute approximate surface area is 192 Å². The van der Waals surface area contributed by atoms with Crippen LogP contribution in [0.1, 0.15) is 35.9 Å². The van der Waals surface area contributed by atoms with Crippen LogP contribution in [0, 0.1) is 0 Å². The number of benzene rings is 1. The smallest absolute Gasteiger partial charge is 0.355 e. The van der Waals surface area contributed by atoms with E-state index in [4.69, 9.17) is 0 Å². The predicted octanol–water partition coefficient (Wildman–Crippen LogP) is 2.63. The van der Waals surface area contributed by atoms with Crippen LogP contribution in [-0.4, -0.2) is 57.1 Å². The van der Waals surface area contributed by atoms with Crippen molar-refractivity contribution in [1.29, 1.82) is 0 Å². The molecule has 34 heavy (non-hydrogen) atoms. The van der Waals surface area contributed by atoms with Crippen LogP contribution in [0.5, 0.6) is 0 Å². The maximum absolute atomic E-state index is 12.9. The highest BCUT2D eigenvalue weighted by Crippen LogP contribution is 2.45. The van der Waals surface area contributed by atoms with Gasteiger partial charge in [0.1, 0.15) is 12.9 Å². The highest BCUT2D eigenvalue weighted by molar-refractivity contribution is 6.06. The van der Waals surface area contributed by atoms with Crippen molar-refractivity contribution in [1.82, 2.24) is 24.8 Å². The highest BCUT2D eigenvalue weighted by atomic mass is 19.4. The third-order valence-corrected chi connectivity index (χ3v) is 6.52. The monoisotopic (exact) mass is 473 g/mol. The molecule has 9 nitrogen and oxygen atoms in total. The quantitative estimate of drug-likeness (QED) is 0.604. The van der Waals surface area contributed by atoms with Gasteiger partial charge in [-0.25, -0.2) is 15.0 Å². The Morgan fingerprint density at radius 3 is 2.65 bits per heavy atom. The minimum Gasteiger partial charge on any atom is -0.355 e. The first-order valence-corrected chi connectivity index (χ1v) is 11.0. The number of alkyl halides is 3. The van der Waals surface area contributed by atoms with Crippen molar-refractivity contribution in [2.75, 3.05) is 29.9 Å². The topological polar surface area (TPSA) is 105 Å². The van der Waals surface area contributed by atoms with E-state index in [1.54, 1.807) is 6.92 Å². The van der Waals surface area contributed by atoms with Gasteiger partial charge in [-0.3, -0.25) is 9.59 Å². The van der Waals surface area contributed by atoms with Gasteiger partial charge in [-0.2, -0.15) is 13.2 Å². The number of rotatable bonds is 4. The van der Waals surface area contributed by atoms with Crippen molar-refractivity contribution in [3.63, 3.8) is 0 Å². The number of piperidine rings is 1. The van der Waals surface area contributed by atoms with E-state index in [9.17, 15) is 22.8 Å². The zero-order valence-electron chi connectivity index (χ0n) is 18.3. The third-order valence-electron chi connectivity index (χ3n) is 6.52. The molecule has 0 atom stereocenters. The third kappa shape index (κ3) is 3.53. The lowest BCUT2D eigenvalue weighted by Gasteiger charge is -2.38. The maximum Gasteiger partial charge on any atom is 0.405 e. The number of amides is 2. The van der Waals surface area contributed by atoms with Crippen LogP contribution >= 0.6 is 0 Å². The molecule has 0 saturated carbocycles. The van der Waals surface area contributed by atoms with E-state index in [-0.39, 0.29) is 11.7 Å². The average Bonchev–Trinajstić information content (AvgIpc) is 3.33. The number of nitrogens with one attached hydrogen (secondary N) is 2. The maximum atomic E-state index is 12.9. The number of halogens is 3. The van der Waals surface area contributed by atoms with Crippen molar-refractivity contribution >= 4 is 34.5 Å². The number of carbonyl (C=O) groups is 2. The molecule has 0 aliphatic carbocycles. The summed E-state index contributed by atoms with van der Waals surface area (Å²) in [6.45, 7) is 1.63. The summed E-state index contributed by atoms with van der Waals surface area (Å²) in [5, 5.41) is 4.84. The molecule has 2 aliphatic rings. The summed E-state index contributed by atoms with van der Waals surface area (Å²) in [7, 11) is 0. The standard InChI is InChI=1S/C22H22F3N7O2/c1-2-32-17-15(30-18(32)19(33)26-11-22(23,24)25)16(27-12-28-17)31-9-7-21(8-10-31)13-5-3-4-6-14(13)29-20(21)34/h3-6,12H,2,7-11H2,1H3,(H,26,33)(H,29,34). The van der Waals surface area contributed by atoms with Crippen LogP contribution in [0.3, 0.4) is 0 Å². The van der Waals surface area contributed by atoms with E-state index >= 15 is 0 Å². The van der Waals surface area contributed by atoms with E-state index < -0.39 is 24.0 Å². The minimum absolute atomic E-state index is 0.0138. The molecule has 2 N–H and O–H groups in total. The van der Waals surface area contributed by atoms with Crippen LogP contribution < -0.4 is 15.5 Å². The number of aromatic nitrogens is 4. The predicted molar refractivity (Wildman–Crippen MR) is 118 cm³/mol. The summed E-state index contributed by atoms with van der Waals surface area (Å²) in [5.41, 5.74) is 1.93. The second kappa shape index (κ2) is 7.96. The summed E-state index contributed by atoms with van der Waals surface area (Å²) < 4.78 is 39.2. The van der Waals surface area contributed by atoms with E-state index in [2.05, 4.69) is 20.3 Å². The molecule has 1 fully saturated rings. The first-order chi connectivity index (χ1) is 16.2. The number of anilines is 2. The summed E-state index contributed by atoms with van der Waals surface area (Å²) in [6, 6.07) is 7.67. The first kappa shape index (κ1) is 22.1. The Morgan fingerprint density at radius 1 is 1.21 bits per heavy atom. The van der Waals surface area contributed by atoms with Gasteiger partial charge in [-0.05, 0) is 31.4 Å². The molecule has 3 aromatic rings. The zero-order chi connectivity index (χ0) is 24.1. The van der Waals surface area contributed by atoms with Crippen LogP contribution in [0.4, 0.5) is 24.7 Å². The fourth-order valence-electron chi connectivity index (χ4n) is 4.86. The van der Waals surface area contributed by atoms with Crippen molar-refractivity contribution in [2.24, 2.45) is 0 Å². The fourth-order valence-corrected chi connectivity index (χ4v) is 4.86. The minimum atomic E-state index is -4.53. The number of aryl methyl sites for hydroxylation is 1. The second-order valence-electron chi connectivity index (χ2n) is 8.42. The molecule has 0 bridgehead atoms. The number of hydrogen-bond acceptors (Lipinski definition) is 6. The van der Waals surface area contributed by atoms with Crippen molar-refractivity contribution < 1.29 is 22.8 Å². The molecular weight excluding hydrogens is 451 g/mol. The lowest BCUT2D eigenvalue weighted by Crippen LogP contribution is -2.46. The van der Waals surface area contributed by atoms with Gasteiger partial charge in [0.2, 0.25) is 11.7 Å². The van der Waals surface area contributed by atoms with Gasteiger partial charge < -0.3 is 20.1 Å². The number of fused-ring (bicyclic) bond motifs is 3. The van der Waals surface area contributed by atoms with Gasteiger partial charge in [0.25, 0.3) is 5.91 Å². The molecule has 1 spiro atoms. The molecule has 2 amide bonds. The highest BCUT2D eigenvalue weighted by Gasteiger charge is 2.48. The number of imidazole rings is 1. The fraction of sp³-hybridized carbons (Fsp3) is 0.409. The summed E-state index contributed by atoms with van der Waals surface area (Å²) in [4.78, 5) is 40.2. The molecule has 2 aromatic heterocycles. The Kier molecular flexibility index (Phi) is 5.18. The summed E-state index contributed by atoms with van der Waals surface area (Å²) >= 11 is 0. The molecule has 1 aromatic carbocycles. The van der Waals surface area contributed by atoms with Crippen LogP contribution in [-0.2, 0) is 16.8 Å². The lowest BCUT2D eigenvalue weighted by molar-refractivity contribution is -0.123. The number of nitrogens with zero attached hydrogens (tertiary/aromatic N) is 5. The SMILES string of the molecule is CCn1c(C(=O)NCC(F)(F)F)nc2c(N3CCC4(CC3)C(=O)Nc3ccccc34)ncnc21. The second-order valence-corrected chi connectivity index (χ2v) is 8.42. The van der Waals surface area contributed by atoms with Crippen LogP contribution in [0.25, 0.3) is 11.2 Å². The molecular formula is C22H22F3N7O2. The molecule has 1 saturated heterocycles. The number of para-hydroxylation sites is 1. The Morgan fingerprint density at radius 2 is 1.94 bits per heavy atom. The van der Waals surface area contributed by atoms with Gasteiger partial charge in [0.05, 0.1) is 5.41 Å². The molecule has 2 aliphatic heterocycles. The van der Waals surface area contributed by atoms with E-state index in [0.29, 0.717) is 49.5 Å². The lowest BCUT2D eigenvalue weighted by atomic mass is 9.73. The number of carbonyl (C=O) groups excluding carboxylic acids is 2. The molecule has 0 unspecified atom stereocenters. The summed E-state index contributed by atoms with van der Waals surface area (Å²) in [5.74, 6) is -0.607. The van der Waals surface area contributed by atoms with Crippen LogP contribution in [0.2, 0.25) is 0 Å². The van der Waals surface area contributed by atoms with Gasteiger partial charge >= 0.3 is 6.18 Å². The summed E-state index contributed by atoms with van der Waals surface area (Å²) in [6.07, 6.45) is -2.05. The first-order valence-electron chi connectivity index (χ1n) is 11.0. The normalized spacial score (nSPS) is 17.2. The van der Waals surface area contributed by atoms with Crippen molar-refractivity contribution in [3.05, 3.63) is 42.0 Å². The van der Waals surface area contributed by atoms with Crippen molar-refractivity contribution in [3.8, 4) is 0 Å². The Bertz CT molecular complexity index is 1280. The van der Waals surface area contributed by atoms with Crippen LogP contribution in [0.15, 0.2) is 30.6 Å². The van der Waals surface area contributed by atoms with Gasteiger partial charge in [-0.15, -0.1) is 0 Å². The molecule has 178 valence electrons. The molecule has 4 heterocycles. The van der Waals surface area contributed by atoms with E-state index in [1.807, 2.05) is 34.5 Å². The Balaban J connectivity index is 1.44. The van der Waals surface area contributed by atoms with Gasteiger partial charge in [-0.1, -0.05) is 18.2 Å². The molecule has 12 heteroatoms. The zero-order valence-corrected chi connectivity index (χ0v) is 18.3. The average molecular weight is 473 g/mol. The van der Waals surface area contributed by atoms with E-state index in [1.165, 1.54) is 10.9 Å². The van der Waals surface area contributed by atoms with E-state index in [0.717, 1.165) is 11.3 Å².